The highest BCUT2D eigenvalue weighted by Crippen LogP contribution is 2.57. The van der Waals surface area contributed by atoms with Crippen LogP contribution in [0.15, 0.2) is 78.9 Å². The molecule has 5 bridgehead atoms. The van der Waals surface area contributed by atoms with E-state index in [1.807, 2.05) is 56.3 Å². The number of amides is 3. The zero-order valence-corrected chi connectivity index (χ0v) is 28.4. The van der Waals surface area contributed by atoms with E-state index in [9.17, 15) is 19.5 Å². The Morgan fingerprint density at radius 3 is 2.45 bits per heavy atom. The largest absolute Gasteiger partial charge is 0.497 e. The van der Waals surface area contributed by atoms with Gasteiger partial charge in [0.15, 0.2) is 0 Å². The third-order valence-electron chi connectivity index (χ3n) is 10.5. The number of carbonyl (C=O) groups is 4. The highest BCUT2D eigenvalue weighted by Gasteiger charge is 2.74. The van der Waals surface area contributed by atoms with Gasteiger partial charge in [-0.15, -0.1) is 0 Å². The molecule has 11 heteroatoms. The third kappa shape index (κ3) is 6.14. The molecular weight excluding hydrogens is 626 g/mol. The Hall–Kier alpha value is -4.48. The lowest BCUT2D eigenvalue weighted by molar-refractivity contribution is -0.161. The first-order valence-electron chi connectivity index (χ1n) is 17.1. The highest BCUT2D eigenvalue weighted by molar-refractivity contribution is 6.05. The fraction of sp³-hybridized carbons (Fsp3) is 0.474. The van der Waals surface area contributed by atoms with E-state index in [1.54, 1.807) is 55.4 Å². The number of methoxy groups -OCH3 is 1. The number of hydrogen-bond acceptors (Lipinski definition) is 8. The van der Waals surface area contributed by atoms with Gasteiger partial charge in [-0.1, -0.05) is 74.9 Å². The third-order valence-corrected chi connectivity index (χ3v) is 10.5. The second-order valence-corrected chi connectivity index (χ2v) is 13.4. The van der Waals surface area contributed by atoms with E-state index in [-0.39, 0.29) is 31.4 Å². The molecule has 2 aromatic carbocycles. The van der Waals surface area contributed by atoms with E-state index in [0.29, 0.717) is 29.8 Å². The summed E-state index contributed by atoms with van der Waals surface area (Å²) in [7, 11) is 1.56. The van der Waals surface area contributed by atoms with Crippen molar-refractivity contribution in [3.63, 3.8) is 0 Å². The number of nitrogens with zero attached hydrogens (tertiary/aromatic N) is 2. The Morgan fingerprint density at radius 1 is 1.04 bits per heavy atom. The number of likely N-dealkylation sites (tertiary alicyclic amines) is 1. The van der Waals surface area contributed by atoms with Crippen LogP contribution in [0.1, 0.15) is 51.7 Å². The molecule has 1 spiro atoms. The van der Waals surface area contributed by atoms with Crippen molar-refractivity contribution < 1.29 is 38.5 Å². The topological polar surface area (TPSA) is 135 Å². The quantitative estimate of drug-likeness (QED) is 0.336. The standard InChI is InChI=1S/C38H45N3O8/c1-5-23(2)28(22-42)41-34-36(45)40(26-15-17-27(47-4)18-16-26)21-11-7-10-14-30(43)39-24(3)33(25-12-8-6-9-13-25)48-37(46)31-29-19-20-38(34,49-29)32(31)35(41)44/h6-9,11-13,15-20,23-24,28-29,31-34,42H,5,10,14,21-22H2,1-4H3,(H,39,43)/b11-7-/t23-,24+,28-,29-,31+,32+,33-,34-,38+/m0/s1. The summed E-state index contributed by atoms with van der Waals surface area (Å²) in [6.07, 6.45) is 6.78. The van der Waals surface area contributed by atoms with Gasteiger partial charge in [-0.2, -0.15) is 0 Å². The molecule has 2 fully saturated rings. The van der Waals surface area contributed by atoms with Crippen molar-refractivity contribution in [3.05, 3.63) is 84.5 Å². The molecule has 2 aromatic rings. The second kappa shape index (κ2) is 14.2. The summed E-state index contributed by atoms with van der Waals surface area (Å²) in [6, 6.07) is 13.7. The molecule has 4 aliphatic heterocycles. The molecule has 2 saturated heterocycles. The number of cyclic esters (lactones) is 1. The van der Waals surface area contributed by atoms with Gasteiger partial charge < -0.3 is 34.4 Å². The van der Waals surface area contributed by atoms with Gasteiger partial charge in [0, 0.05) is 18.7 Å². The van der Waals surface area contributed by atoms with E-state index >= 15 is 4.79 Å². The summed E-state index contributed by atoms with van der Waals surface area (Å²) in [4.78, 5) is 60.2. The predicted molar refractivity (Wildman–Crippen MR) is 181 cm³/mol. The minimum absolute atomic E-state index is 0.143. The van der Waals surface area contributed by atoms with E-state index in [0.717, 1.165) is 0 Å². The van der Waals surface area contributed by atoms with Crippen LogP contribution in [0.25, 0.3) is 0 Å². The SMILES string of the molecule is CC[C@H](C)[C@H](CO)N1C(=O)[C@H]2[C@@H]3C(=O)O[C@H](c4ccccc4)[C@@H](C)NC(=O)CC/C=C\CN(c4ccc(OC)cc4)C(=O)[C@H]1[C@@]21C=C[C@@H]3O1. The molecule has 11 nitrogen and oxygen atoms in total. The van der Waals surface area contributed by atoms with Crippen LogP contribution in [0.3, 0.4) is 0 Å². The Kier molecular flexibility index (Phi) is 9.94. The van der Waals surface area contributed by atoms with Crippen LogP contribution in [0.4, 0.5) is 5.69 Å². The zero-order valence-electron chi connectivity index (χ0n) is 28.4. The first-order valence-corrected chi connectivity index (χ1v) is 17.1. The highest BCUT2D eigenvalue weighted by atomic mass is 16.6. The molecule has 0 aliphatic carbocycles. The summed E-state index contributed by atoms with van der Waals surface area (Å²) < 4.78 is 18.2. The summed E-state index contributed by atoms with van der Waals surface area (Å²) in [6.45, 7) is 5.46. The molecule has 0 saturated carbocycles. The average Bonchev–Trinajstić information content (AvgIpc) is 3.76. The molecule has 4 heterocycles. The van der Waals surface area contributed by atoms with Crippen molar-refractivity contribution in [1.82, 2.24) is 10.2 Å². The van der Waals surface area contributed by atoms with Crippen LogP contribution in [0.5, 0.6) is 5.75 Å². The molecule has 0 unspecified atom stereocenters. The molecule has 0 radical (unpaired) electrons. The Labute approximate surface area is 286 Å². The van der Waals surface area contributed by atoms with Crippen molar-refractivity contribution in [1.29, 1.82) is 0 Å². The van der Waals surface area contributed by atoms with Gasteiger partial charge in [-0.3, -0.25) is 19.2 Å². The minimum Gasteiger partial charge on any atom is -0.497 e. The smallest absolute Gasteiger partial charge is 0.313 e. The number of carbonyl (C=O) groups excluding carboxylic acids is 4. The Bertz CT molecular complexity index is 1610. The molecule has 49 heavy (non-hydrogen) atoms. The molecule has 9 atom stereocenters. The normalized spacial score (nSPS) is 32.0. The van der Waals surface area contributed by atoms with Crippen molar-refractivity contribution in [2.24, 2.45) is 17.8 Å². The number of allylic oxidation sites excluding steroid dienone is 1. The molecule has 4 aliphatic rings. The van der Waals surface area contributed by atoms with Gasteiger partial charge in [0.25, 0.3) is 5.91 Å². The lowest BCUT2D eigenvalue weighted by atomic mass is 9.74. The second-order valence-electron chi connectivity index (χ2n) is 13.4. The monoisotopic (exact) mass is 671 g/mol. The number of benzene rings is 2. The number of anilines is 1. The maximum Gasteiger partial charge on any atom is 0.313 e. The van der Waals surface area contributed by atoms with Gasteiger partial charge in [0.2, 0.25) is 11.8 Å². The molecule has 6 rings (SSSR count). The Balaban J connectivity index is 1.48. The van der Waals surface area contributed by atoms with Gasteiger partial charge in [-0.25, -0.2) is 0 Å². The summed E-state index contributed by atoms with van der Waals surface area (Å²) >= 11 is 0. The van der Waals surface area contributed by atoms with Crippen molar-refractivity contribution >= 4 is 29.4 Å². The number of fused-ring (bicyclic) bond motifs is 2. The van der Waals surface area contributed by atoms with Crippen LogP contribution in [0.2, 0.25) is 0 Å². The number of rotatable bonds is 7. The van der Waals surface area contributed by atoms with E-state index in [1.165, 1.54) is 4.90 Å². The number of ether oxygens (including phenoxy) is 3. The lowest BCUT2D eigenvalue weighted by Crippen LogP contribution is -2.59. The lowest BCUT2D eigenvalue weighted by Gasteiger charge is -2.40. The summed E-state index contributed by atoms with van der Waals surface area (Å²) in [5.41, 5.74) is -0.210. The maximum atomic E-state index is 15.1. The fourth-order valence-electron chi connectivity index (χ4n) is 7.78. The zero-order chi connectivity index (χ0) is 34.9. The molecular formula is C38H45N3O8. The van der Waals surface area contributed by atoms with Crippen molar-refractivity contribution in [3.8, 4) is 5.75 Å². The number of esters is 1. The number of aliphatic hydroxyl groups is 1. The first kappa shape index (κ1) is 34.4. The minimum atomic E-state index is -1.46. The molecule has 0 aromatic heterocycles. The number of aliphatic hydroxyl groups excluding tert-OH is 1. The van der Waals surface area contributed by atoms with Gasteiger partial charge in [-0.05, 0) is 49.1 Å². The van der Waals surface area contributed by atoms with Gasteiger partial charge >= 0.3 is 5.97 Å². The molecule has 2 N–H and O–H groups in total. The van der Waals surface area contributed by atoms with Gasteiger partial charge in [0.05, 0.1) is 37.8 Å². The van der Waals surface area contributed by atoms with Crippen molar-refractivity contribution in [2.45, 2.75) is 76.0 Å². The maximum absolute atomic E-state index is 15.1. The van der Waals surface area contributed by atoms with Crippen LogP contribution in [-0.4, -0.2) is 83.8 Å². The van der Waals surface area contributed by atoms with Crippen LogP contribution in [-0.2, 0) is 28.7 Å². The average molecular weight is 672 g/mol. The van der Waals surface area contributed by atoms with Crippen molar-refractivity contribution in [2.75, 3.05) is 25.2 Å². The van der Waals surface area contributed by atoms with E-state index < -0.39 is 65.6 Å². The van der Waals surface area contributed by atoms with Crippen LogP contribution in [0, 0.1) is 17.8 Å². The molecule has 260 valence electrons. The van der Waals surface area contributed by atoms with E-state index in [4.69, 9.17) is 14.2 Å². The molecule has 3 amide bonds. The summed E-state index contributed by atoms with van der Waals surface area (Å²) in [5, 5.41) is 13.7. The fourth-order valence-corrected chi connectivity index (χ4v) is 7.78. The van der Waals surface area contributed by atoms with Crippen LogP contribution < -0.4 is 15.0 Å². The van der Waals surface area contributed by atoms with E-state index in [2.05, 4.69) is 5.32 Å². The first-order chi connectivity index (χ1) is 23.6. The Morgan fingerprint density at radius 2 is 1.78 bits per heavy atom. The number of hydrogen-bond donors (Lipinski definition) is 2. The van der Waals surface area contributed by atoms with Crippen LogP contribution >= 0.6 is 0 Å². The number of nitrogens with one attached hydrogen (secondary N) is 1. The predicted octanol–water partition coefficient (Wildman–Crippen LogP) is 3.73. The van der Waals surface area contributed by atoms with Gasteiger partial charge in [0.1, 0.15) is 29.4 Å². The summed E-state index contributed by atoms with van der Waals surface area (Å²) in [5.74, 6) is -3.37.